The number of hydrogen-bond donors (Lipinski definition) is 1. The van der Waals surface area contributed by atoms with Crippen molar-refractivity contribution in [3.05, 3.63) is 83.5 Å². The molecule has 3 aromatic rings. The van der Waals surface area contributed by atoms with Gasteiger partial charge >= 0.3 is 0 Å². The molecule has 0 saturated heterocycles. The Balaban J connectivity index is 1.87. The predicted molar refractivity (Wildman–Crippen MR) is 126 cm³/mol. The van der Waals surface area contributed by atoms with Gasteiger partial charge in [0.25, 0.3) is 11.8 Å². The summed E-state index contributed by atoms with van der Waals surface area (Å²) in [4.78, 5) is 34.0. The van der Waals surface area contributed by atoms with Crippen molar-refractivity contribution >= 4 is 29.8 Å². The van der Waals surface area contributed by atoms with E-state index in [1.54, 1.807) is 47.1 Å². The molecule has 0 fully saturated rings. The summed E-state index contributed by atoms with van der Waals surface area (Å²) < 4.78 is 7.33. The van der Waals surface area contributed by atoms with Crippen LogP contribution in [-0.2, 0) is 0 Å². The molecule has 0 bridgehead atoms. The Morgan fingerprint density at radius 3 is 2.62 bits per heavy atom. The molecule has 7 nitrogen and oxygen atoms in total. The maximum Gasteiger partial charge on any atom is 0.261 e. The van der Waals surface area contributed by atoms with Gasteiger partial charge in [0.1, 0.15) is 11.4 Å². The van der Waals surface area contributed by atoms with Crippen molar-refractivity contribution in [1.82, 2.24) is 14.7 Å². The van der Waals surface area contributed by atoms with E-state index in [1.807, 2.05) is 39.0 Å². The van der Waals surface area contributed by atoms with Gasteiger partial charge in [-0.3, -0.25) is 19.9 Å². The van der Waals surface area contributed by atoms with E-state index in [9.17, 15) is 9.59 Å². The van der Waals surface area contributed by atoms with E-state index in [1.165, 1.54) is 0 Å². The van der Waals surface area contributed by atoms with Crippen molar-refractivity contribution in [3.8, 4) is 5.75 Å². The largest absolute Gasteiger partial charge is 0.494 e. The number of aromatic nitrogens is 2. The van der Waals surface area contributed by atoms with E-state index in [0.29, 0.717) is 34.8 Å². The van der Waals surface area contributed by atoms with Crippen LogP contribution in [-0.4, -0.2) is 34.5 Å². The van der Waals surface area contributed by atoms with E-state index in [0.717, 1.165) is 17.7 Å². The molecule has 0 aliphatic carbocycles. The zero-order valence-electron chi connectivity index (χ0n) is 18.5. The fraction of sp³-hybridized carbons (Fsp3) is 0.200. The molecule has 164 valence electrons. The predicted octanol–water partition coefficient (Wildman–Crippen LogP) is 4.62. The van der Waals surface area contributed by atoms with Gasteiger partial charge in [-0.05, 0) is 63.4 Å². The second-order valence-corrected chi connectivity index (χ2v) is 7.13. The van der Waals surface area contributed by atoms with Gasteiger partial charge in [-0.25, -0.2) is 4.98 Å². The number of carbonyl (C=O) groups excluding carboxylic acids is 2. The summed E-state index contributed by atoms with van der Waals surface area (Å²) in [7, 11) is 0. The fourth-order valence-corrected chi connectivity index (χ4v) is 3.20. The van der Waals surface area contributed by atoms with Crippen molar-refractivity contribution in [2.75, 3.05) is 6.61 Å². The maximum atomic E-state index is 12.9. The third-order valence-electron chi connectivity index (χ3n) is 4.74. The van der Waals surface area contributed by atoms with Crippen LogP contribution in [0.4, 0.5) is 0 Å². The summed E-state index contributed by atoms with van der Waals surface area (Å²) in [5.41, 5.74) is 3.43. The van der Waals surface area contributed by atoms with Crippen LogP contribution in [0.3, 0.4) is 0 Å². The minimum Gasteiger partial charge on any atom is -0.494 e. The van der Waals surface area contributed by atoms with Crippen molar-refractivity contribution in [3.63, 3.8) is 0 Å². The van der Waals surface area contributed by atoms with Crippen molar-refractivity contribution in [1.29, 1.82) is 0 Å². The molecule has 1 N–H and O–H groups in total. The lowest BCUT2D eigenvalue weighted by Crippen LogP contribution is -2.30. The van der Waals surface area contributed by atoms with Gasteiger partial charge in [0.15, 0.2) is 0 Å². The molecule has 32 heavy (non-hydrogen) atoms. The molecule has 0 radical (unpaired) electrons. The second kappa shape index (κ2) is 10.3. The third-order valence-corrected chi connectivity index (χ3v) is 4.74. The second-order valence-electron chi connectivity index (χ2n) is 7.13. The lowest BCUT2D eigenvalue weighted by molar-refractivity contribution is 0.0850. The van der Waals surface area contributed by atoms with E-state index in [-0.39, 0.29) is 0 Å². The van der Waals surface area contributed by atoms with Crippen molar-refractivity contribution in [2.24, 2.45) is 4.99 Å². The quantitative estimate of drug-likeness (QED) is 0.321. The van der Waals surface area contributed by atoms with Gasteiger partial charge in [-0.15, -0.1) is 0 Å². The van der Waals surface area contributed by atoms with Crippen molar-refractivity contribution < 1.29 is 14.3 Å². The summed E-state index contributed by atoms with van der Waals surface area (Å²) in [6.07, 6.45) is 8.01. The maximum absolute atomic E-state index is 12.9. The molecule has 2 heterocycles. The molecule has 0 spiro atoms. The first-order valence-corrected chi connectivity index (χ1v) is 10.3. The Morgan fingerprint density at radius 2 is 1.97 bits per heavy atom. The van der Waals surface area contributed by atoms with E-state index >= 15 is 0 Å². The normalized spacial score (nSPS) is 11.7. The summed E-state index contributed by atoms with van der Waals surface area (Å²) in [5.74, 6) is -0.333. The van der Waals surface area contributed by atoms with Crippen LogP contribution >= 0.6 is 0 Å². The number of amides is 2. The summed E-state index contributed by atoms with van der Waals surface area (Å²) >= 11 is 0. The highest BCUT2D eigenvalue weighted by Gasteiger charge is 2.18. The topological polar surface area (TPSA) is 85.1 Å². The molecule has 0 saturated carbocycles. The molecule has 0 unspecified atom stereocenters. The number of nitrogens with one attached hydrogen (secondary N) is 1. The van der Waals surface area contributed by atoms with E-state index < -0.39 is 11.8 Å². The number of aryl methyl sites for hydroxylation is 1. The van der Waals surface area contributed by atoms with Crippen LogP contribution in [0, 0.1) is 6.92 Å². The first-order valence-electron chi connectivity index (χ1n) is 10.3. The molecule has 1 aromatic carbocycles. The number of nitrogens with zero attached hydrogens (tertiary/aromatic N) is 3. The highest BCUT2D eigenvalue weighted by molar-refractivity contribution is 6.12. The first-order chi connectivity index (χ1) is 15.5. The molecule has 7 heteroatoms. The standard InChI is InChI=1S/C25H26N4O3/c1-5-7-19(16-26-4)22-15-17(3)29-13-12-21(23(29)27-22)25(31)28-24(30)18-8-10-20(11-9-18)32-14-6-2/h5,7-13,15-16H,4,6,14H2,1-3H3,(H,28,30,31)/b7-5-,19-16+. The third kappa shape index (κ3) is 5.00. The van der Waals surface area contributed by atoms with Gasteiger partial charge in [0, 0.05) is 29.2 Å². The Kier molecular flexibility index (Phi) is 7.33. The lowest BCUT2D eigenvalue weighted by Gasteiger charge is -2.08. The number of ether oxygens (including phenoxy) is 1. The minimum atomic E-state index is -0.522. The Hall–Kier alpha value is -4.00. The number of aliphatic imine (C=N–C) groups is 1. The number of imide groups is 1. The molecular formula is C25H26N4O3. The van der Waals surface area contributed by atoms with Crippen LogP contribution in [0.1, 0.15) is 52.4 Å². The van der Waals surface area contributed by atoms with Gasteiger partial charge in [-0.1, -0.05) is 19.1 Å². The Bertz CT molecular complexity index is 1200. The number of hydrogen-bond acceptors (Lipinski definition) is 5. The van der Waals surface area contributed by atoms with Crippen LogP contribution in [0.2, 0.25) is 0 Å². The fourth-order valence-electron chi connectivity index (χ4n) is 3.20. The molecule has 2 aromatic heterocycles. The van der Waals surface area contributed by atoms with E-state index in [4.69, 9.17) is 4.74 Å². The number of allylic oxidation sites excluding steroid dienone is 3. The SMILES string of the molecule is C=N/C=C(\C=C/C)c1cc(C)n2ccc(C(=O)NC(=O)c3ccc(OCCC)cc3)c2n1. The zero-order chi connectivity index (χ0) is 23.1. The highest BCUT2D eigenvalue weighted by atomic mass is 16.5. The van der Waals surface area contributed by atoms with Crippen LogP contribution in [0.25, 0.3) is 11.2 Å². The first kappa shape index (κ1) is 22.7. The number of rotatable bonds is 8. The lowest BCUT2D eigenvalue weighted by atomic mass is 10.1. The monoisotopic (exact) mass is 430 g/mol. The van der Waals surface area contributed by atoms with Crippen LogP contribution in [0.5, 0.6) is 5.75 Å². The Labute approximate surface area is 187 Å². The zero-order valence-corrected chi connectivity index (χ0v) is 18.5. The molecule has 0 atom stereocenters. The summed E-state index contributed by atoms with van der Waals surface area (Å²) in [6.45, 7) is 9.95. The molecule has 2 amide bonds. The number of fused-ring (bicyclic) bond motifs is 1. The van der Waals surface area contributed by atoms with Gasteiger partial charge in [0.05, 0.1) is 17.9 Å². The average Bonchev–Trinajstić information content (AvgIpc) is 3.22. The van der Waals surface area contributed by atoms with E-state index in [2.05, 4.69) is 22.0 Å². The van der Waals surface area contributed by atoms with Crippen molar-refractivity contribution in [2.45, 2.75) is 27.2 Å². The Morgan fingerprint density at radius 1 is 1.22 bits per heavy atom. The molecular weight excluding hydrogens is 404 g/mol. The van der Waals surface area contributed by atoms with Crippen LogP contribution < -0.4 is 10.1 Å². The average molecular weight is 431 g/mol. The number of carbonyl (C=O) groups is 2. The highest BCUT2D eigenvalue weighted by Crippen LogP contribution is 2.20. The molecule has 3 rings (SSSR count). The van der Waals surface area contributed by atoms with Gasteiger partial charge in [-0.2, -0.15) is 0 Å². The minimum absolute atomic E-state index is 0.303. The number of benzene rings is 1. The summed E-state index contributed by atoms with van der Waals surface area (Å²) in [5, 5.41) is 2.44. The molecule has 0 aliphatic rings. The van der Waals surface area contributed by atoms with Gasteiger partial charge in [0.2, 0.25) is 0 Å². The van der Waals surface area contributed by atoms with Crippen LogP contribution in [0.15, 0.2) is 65.9 Å². The van der Waals surface area contributed by atoms with Gasteiger partial charge < -0.3 is 9.14 Å². The summed E-state index contributed by atoms with van der Waals surface area (Å²) in [6, 6.07) is 10.2. The smallest absolute Gasteiger partial charge is 0.261 e. The molecule has 0 aliphatic heterocycles.